The third kappa shape index (κ3) is 3.99. The molecule has 0 bridgehead atoms. The molecule has 3 fully saturated rings. The molecule has 4 rings (SSSR count). The summed E-state index contributed by atoms with van der Waals surface area (Å²) in [6.45, 7) is 8.65. The number of nitrogens with zero attached hydrogens (tertiary/aromatic N) is 5. The van der Waals surface area contributed by atoms with Gasteiger partial charge in [-0.2, -0.15) is 0 Å². The molecule has 3 saturated heterocycles. The van der Waals surface area contributed by atoms with Gasteiger partial charge in [-0.25, -0.2) is 0 Å². The fraction of sp³-hybridized carbons (Fsp3) is 0.667. The fourth-order valence-corrected chi connectivity index (χ4v) is 4.54. The van der Waals surface area contributed by atoms with Crippen molar-refractivity contribution in [1.29, 1.82) is 0 Å². The zero-order chi connectivity index (χ0) is 19.5. The van der Waals surface area contributed by atoms with Gasteiger partial charge in [0.2, 0.25) is 5.91 Å². The molecule has 0 radical (unpaired) electrons. The van der Waals surface area contributed by atoms with Crippen LogP contribution in [0.3, 0.4) is 0 Å². The van der Waals surface area contributed by atoms with E-state index >= 15 is 0 Å². The van der Waals surface area contributed by atoms with E-state index in [2.05, 4.69) is 14.8 Å². The van der Waals surface area contributed by atoms with Crippen molar-refractivity contribution in [3.63, 3.8) is 0 Å². The fourth-order valence-electron chi connectivity index (χ4n) is 4.54. The lowest BCUT2D eigenvalue weighted by atomic mass is 10.2. The lowest BCUT2D eigenvalue weighted by Gasteiger charge is -2.38. The van der Waals surface area contributed by atoms with E-state index in [0.717, 1.165) is 57.8 Å². The van der Waals surface area contributed by atoms with Crippen molar-refractivity contribution < 1.29 is 9.59 Å². The van der Waals surface area contributed by atoms with E-state index in [4.69, 9.17) is 0 Å². The van der Waals surface area contributed by atoms with E-state index in [1.165, 1.54) is 12.8 Å². The maximum absolute atomic E-state index is 12.9. The minimum Gasteiger partial charge on any atom is -0.371 e. The summed E-state index contributed by atoms with van der Waals surface area (Å²) < 4.78 is 0. The number of pyridine rings is 1. The summed E-state index contributed by atoms with van der Waals surface area (Å²) in [5, 5.41) is 0. The summed E-state index contributed by atoms with van der Waals surface area (Å²) in [5.41, 5.74) is 1.62. The zero-order valence-electron chi connectivity index (χ0n) is 16.8. The summed E-state index contributed by atoms with van der Waals surface area (Å²) >= 11 is 0. The molecule has 1 aromatic rings. The maximum atomic E-state index is 12.9. The predicted octanol–water partition coefficient (Wildman–Crippen LogP) is 1.45. The summed E-state index contributed by atoms with van der Waals surface area (Å²) in [6.07, 6.45) is 6.40. The molecule has 1 unspecified atom stereocenters. The normalized spacial score (nSPS) is 22.0. The van der Waals surface area contributed by atoms with E-state index in [1.54, 1.807) is 6.20 Å². The van der Waals surface area contributed by atoms with Crippen LogP contribution in [0, 0.1) is 0 Å². The van der Waals surface area contributed by atoms with Crippen LogP contribution in [0.2, 0.25) is 0 Å². The van der Waals surface area contributed by atoms with Gasteiger partial charge in [-0.3, -0.25) is 19.5 Å². The summed E-state index contributed by atoms with van der Waals surface area (Å²) in [6, 6.07) is 3.82. The number of carbonyl (C=O) groups excluding carboxylic acids is 2. The molecule has 0 aromatic carbocycles. The Bertz CT molecular complexity index is 705. The number of rotatable bonds is 4. The number of likely N-dealkylation sites (tertiary alicyclic amines) is 1. The largest absolute Gasteiger partial charge is 0.371 e. The van der Waals surface area contributed by atoms with Gasteiger partial charge in [0.25, 0.3) is 5.91 Å². The smallest absolute Gasteiger partial charge is 0.272 e. The van der Waals surface area contributed by atoms with Crippen LogP contribution in [0.25, 0.3) is 0 Å². The second kappa shape index (κ2) is 8.47. The van der Waals surface area contributed by atoms with Crippen molar-refractivity contribution in [2.75, 3.05) is 57.3 Å². The first-order valence-corrected chi connectivity index (χ1v) is 10.7. The van der Waals surface area contributed by atoms with Crippen molar-refractivity contribution >= 4 is 17.5 Å². The van der Waals surface area contributed by atoms with Gasteiger partial charge in [0.05, 0.1) is 6.04 Å². The summed E-state index contributed by atoms with van der Waals surface area (Å²) in [7, 11) is 0. The molecule has 0 spiro atoms. The van der Waals surface area contributed by atoms with E-state index in [1.807, 2.05) is 28.9 Å². The molecular weight excluding hydrogens is 354 g/mol. The van der Waals surface area contributed by atoms with Crippen LogP contribution in [-0.4, -0.2) is 89.9 Å². The molecular formula is C21H31N5O2. The lowest BCUT2D eigenvalue weighted by Crippen LogP contribution is -2.55. The molecule has 28 heavy (non-hydrogen) atoms. The number of amides is 2. The first kappa shape index (κ1) is 19.2. The minimum atomic E-state index is -0.105. The van der Waals surface area contributed by atoms with Crippen molar-refractivity contribution in [2.24, 2.45) is 0 Å². The number of hydrogen-bond acceptors (Lipinski definition) is 5. The van der Waals surface area contributed by atoms with Gasteiger partial charge >= 0.3 is 0 Å². The molecule has 2 amide bonds. The van der Waals surface area contributed by atoms with Gasteiger partial charge in [-0.15, -0.1) is 0 Å². The second-order valence-corrected chi connectivity index (χ2v) is 8.13. The Morgan fingerprint density at radius 2 is 1.54 bits per heavy atom. The van der Waals surface area contributed by atoms with Crippen LogP contribution in [0.15, 0.2) is 18.3 Å². The molecule has 0 N–H and O–H groups in total. The highest BCUT2D eigenvalue weighted by molar-refractivity contribution is 5.93. The molecule has 3 aliphatic rings. The van der Waals surface area contributed by atoms with E-state index in [0.29, 0.717) is 18.8 Å². The third-order valence-electron chi connectivity index (χ3n) is 6.36. The average Bonchev–Trinajstić information content (AvgIpc) is 3.47. The molecule has 0 saturated carbocycles. The first-order valence-electron chi connectivity index (χ1n) is 10.7. The van der Waals surface area contributed by atoms with Crippen LogP contribution >= 0.6 is 0 Å². The average molecular weight is 386 g/mol. The van der Waals surface area contributed by atoms with Crippen molar-refractivity contribution in [3.8, 4) is 0 Å². The van der Waals surface area contributed by atoms with E-state index in [9.17, 15) is 9.59 Å². The number of hydrogen-bond donors (Lipinski definition) is 0. The molecule has 1 atom stereocenters. The third-order valence-corrected chi connectivity index (χ3v) is 6.36. The van der Waals surface area contributed by atoms with Gasteiger partial charge in [0.15, 0.2) is 0 Å². The molecule has 0 aliphatic carbocycles. The highest BCUT2D eigenvalue weighted by Gasteiger charge is 2.31. The van der Waals surface area contributed by atoms with Crippen LogP contribution < -0.4 is 4.90 Å². The summed E-state index contributed by atoms with van der Waals surface area (Å²) in [4.78, 5) is 38.3. The van der Waals surface area contributed by atoms with Crippen molar-refractivity contribution in [3.05, 3.63) is 24.0 Å². The monoisotopic (exact) mass is 385 g/mol. The van der Waals surface area contributed by atoms with Crippen LogP contribution in [-0.2, 0) is 4.79 Å². The number of piperazine rings is 1. The highest BCUT2D eigenvalue weighted by atomic mass is 16.2. The summed E-state index contributed by atoms with van der Waals surface area (Å²) in [5.74, 6) is 0.233. The second-order valence-electron chi connectivity index (χ2n) is 8.13. The quantitative estimate of drug-likeness (QED) is 0.785. The van der Waals surface area contributed by atoms with Gasteiger partial charge in [0, 0.05) is 64.2 Å². The Kier molecular flexibility index (Phi) is 5.80. The van der Waals surface area contributed by atoms with Crippen LogP contribution in [0.1, 0.15) is 43.1 Å². The molecule has 3 aliphatic heterocycles. The number of aromatic nitrogens is 1. The van der Waals surface area contributed by atoms with E-state index in [-0.39, 0.29) is 17.9 Å². The minimum absolute atomic E-state index is 0.000723. The SMILES string of the molecule is CC(C(=O)N1CCCC1)N1CCN(C(=O)c2cc(N3CCCC3)ccn2)CC1. The predicted molar refractivity (Wildman–Crippen MR) is 108 cm³/mol. The molecule has 4 heterocycles. The molecule has 7 nitrogen and oxygen atoms in total. The Morgan fingerprint density at radius 3 is 2.21 bits per heavy atom. The Hall–Kier alpha value is -2.15. The van der Waals surface area contributed by atoms with Crippen LogP contribution in [0.5, 0.6) is 0 Å². The Labute approximate surface area is 167 Å². The van der Waals surface area contributed by atoms with Crippen molar-refractivity contribution in [1.82, 2.24) is 19.7 Å². The van der Waals surface area contributed by atoms with Gasteiger partial charge < -0.3 is 14.7 Å². The molecule has 1 aromatic heterocycles. The highest BCUT2D eigenvalue weighted by Crippen LogP contribution is 2.21. The van der Waals surface area contributed by atoms with Crippen LogP contribution in [0.4, 0.5) is 5.69 Å². The van der Waals surface area contributed by atoms with Gasteiger partial charge in [-0.1, -0.05) is 0 Å². The number of anilines is 1. The maximum Gasteiger partial charge on any atom is 0.272 e. The first-order chi connectivity index (χ1) is 13.6. The van der Waals surface area contributed by atoms with Crippen molar-refractivity contribution in [2.45, 2.75) is 38.6 Å². The molecule has 7 heteroatoms. The standard InChI is InChI=1S/C21H31N5O2/c1-17(20(27)25-10-4-5-11-25)23-12-14-26(15-13-23)21(28)19-16-18(6-7-22-19)24-8-2-3-9-24/h6-7,16-17H,2-5,8-15H2,1H3. The van der Waals surface area contributed by atoms with Gasteiger partial charge in [-0.05, 0) is 44.7 Å². The number of carbonyl (C=O) groups is 2. The van der Waals surface area contributed by atoms with E-state index < -0.39 is 0 Å². The lowest BCUT2D eigenvalue weighted by molar-refractivity contribution is -0.135. The Morgan fingerprint density at radius 1 is 0.893 bits per heavy atom. The molecule has 152 valence electrons. The zero-order valence-corrected chi connectivity index (χ0v) is 16.8. The Balaban J connectivity index is 1.33. The van der Waals surface area contributed by atoms with Gasteiger partial charge in [0.1, 0.15) is 5.69 Å². The topological polar surface area (TPSA) is 60.0 Å².